The van der Waals surface area contributed by atoms with E-state index in [0.29, 0.717) is 0 Å². The number of hydrogen-bond donors (Lipinski definition) is 5. The van der Waals surface area contributed by atoms with Crippen molar-refractivity contribution in [1.82, 2.24) is 16.0 Å². The molecule has 0 aromatic carbocycles. The van der Waals surface area contributed by atoms with Crippen LogP contribution in [0, 0.1) is 34.0 Å². The molecule has 37 heavy (non-hydrogen) atoms. The quantitative estimate of drug-likeness (QED) is 0.207. The molecular weight excluding hydrogens is 476 g/mol. The van der Waals surface area contributed by atoms with Gasteiger partial charge in [0, 0.05) is 16.6 Å². The molecule has 0 aromatic rings. The Morgan fingerprint density at radius 2 is 1.19 bits per heavy atom. The van der Waals surface area contributed by atoms with Crippen molar-refractivity contribution in [2.24, 2.45) is 10.9 Å². The van der Waals surface area contributed by atoms with Gasteiger partial charge in [0.15, 0.2) is 6.04 Å². The molecule has 0 aliphatic carbocycles. The monoisotopic (exact) mass is 528 g/mol. The molecule has 0 saturated carbocycles. The summed E-state index contributed by atoms with van der Waals surface area (Å²) in [6.07, 6.45) is -0.0583. The predicted octanol–water partition coefficient (Wildman–Crippen LogP) is 3.37. The number of nitriles is 3. The lowest BCUT2D eigenvalue weighted by atomic mass is 10.1. The zero-order valence-corrected chi connectivity index (χ0v) is 20.8. The fourth-order valence-corrected chi connectivity index (χ4v) is 1.56. The van der Waals surface area contributed by atoms with E-state index in [1.165, 1.54) is 6.07 Å². The second-order valence-electron chi connectivity index (χ2n) is 9.74. The minimum atomic E-state index is -1.06. The Kier molecular flexibility index (Phi) is 30.9. The van der Waals surface area contributed by atoms with Gasteiger partial charge in [-0.1, -0.05) is 34.9 Å². The normalized spacial score (nSPS) is 10.6. The topological polar surface area (TPSA) is 217 Å². The average Bonchev–Trinajstić information content (AvgIpc) is 2.58. The van der Waals surface area contributed by atoms with Crippen LogP contribution in [0.5, 0.6) is 0 Å². The molecule has 1 unspecified atom stereocenters. The van der Waals surface area contributed by atoms with E-state index in [0.717, 1.165) is 0 Å². The first-order valence-electron chi connectivity index (χ1n) is 9.82. The van der Waals surface area contributed by atoms with E-state index in [1.807, 2.05) is 41.5 Å². The Balaban J connectivity index is -0.0000000695. The second-order valence-corrected chi connectivity index (χ2v) is 9.74. The van der Waals surface area contributed by atoms with Crippen LogP contribution in [0.2, 0.25) is 0 Å². The Labute approximate surface area is 225 Å². The lowest BCUT2D eigenvalue weighted by Crippen LogP contribution is -2.48. The maximum atomic E-state index is 11.0. The van der Waals surface area contributed by atoms with Gasteiger partial charge in [-0.05, 0) is 62.3 Å². The van der Waals surface area contributed by atoms with Crippen molar-refractivity contribution < 1.29 is 19.6 Å². The van der Waals surface area contributed by atoms with Crippen molar-refractivity contribution in [3.05, 3.63) is 0 Å². The van der Waals surface area contributed by atoms with E-state index < -0.39 is 29.1 Å². The SMILES string of the molecule is C.C.C.C.CC(C)(C)NC(=O)/C(C#N)=N/O.CC(C)(C)NC(=O)C(N)C#N.CC(C)(C)NC(=O)CC#N. The van der Waals surface area contributed by atoms with Gasteiger partial charge in [0.25, 0.3) is 11.8 Å². The summed E-state index contributed by atoms with van der Waals surface area (Å²) >= 11 is 0. The summed E-state index contributed by atoms with van der Waals surface area (Å²) in [5, 5.41) is 43.1. The largest absolute Gasteiger partial charge is 0.410 e. The van der Waals surface area contributed by atoms with E-state index >= 15 is 0 Å². The van der Waals surface area contributed by atoms with Crippen molar-refractivity contribution in [3.8, 4) is 18.2 Å². The third-order valence-corrected chi connectivity index (χ3v) is 2.58. The highest BCUT2D eigenvalue weighted by molar-refractivity contribution is 6.45. The lowest BCUT2D eigenvalue weighted by molar-refractivity contribution is -0.123. The van der Waals surface area contributed by atoms with E-state index in [1.54, 1.807) is 32.9 Å². The van der Waals surface area contributed by atoms with Gasteiger partial charge in [0.2, 0.25) is 11.6 Å². The number of hydrogen-bond acceptors (Lipinski definition) is 9. The van der Waals surface area contributed by atoms with Crippen molar-refractivity contribution in [2.75, 3.05) is 0 Å². The van der Waals surface area contributed by atoms with Crippen LogP contribution in [0.15, 0.2) is 5.16 Å². The summed E-state index contributed by atoms with van der Waals surface area (Å²) in [6.45, 7) is 16.4. The van der Waals surface area contributed by atoms with Gasteiger partial charge in [-0.25, -0.2) is 0 Å². The highest BCUT2D eigenvalue weighted by atomic mass is 16.4. The number of carbonyl (C=O) groups excluding carboxylic acids is 3. The molecule has 0 bridgehead atoms. The molecule has 216 valence electrons. The average molecular weight is 529 g/mol. The molecular formula is C25H52N8O4. The number of oxime groups is 1. The summed E-state index contributed by atoms with van der Waals surface area (Å²) in [5.74, 6) is -1.32. The third-order valence-electron chi connectivity index (χ3n) is 2.58. The number of nitrogens with one attached hydrogen (secondary N) is 3. The van der Waals surface area contributed by atoms with Crippen LogP contribution in [0.3, 0.4) is 0 Å². The number of nitrogens with two attached hydrogens (primary N) is 1. The molecule has 6 N–H and O–H groups in total. The van der Waals surface area contributed by atoms with Crippen molar-refractivity contribution >= 4 is 23.4 Å². The summed E-state index contributed by atoms with van der Waals surface area (Å²) in [6, 6.07) is 3.83. The van der Waals surface area contributed by atoms with Crippen LogP contribution in [0.1, 0.15) is 98.4 Å². The fraction of sp³-hybridized carbons (Fsp3) is 0.720. The van der Waals surface area contributed by atoms with Gasteiger partial charge >= 0.3 is 0 Å². The van der Waals surface area contributed by atoms with Gasteiger partial charge in [0.1, 0.15) is 12.5 Å². The van der Waals surface area contributed by atoms with E-state index in [4.69, 9.17) is 26.7 Å². The van der Waals surface area contributed by atoms with Crippen molar-refractivity contribution in [1.29, 1.82) is 15.8 Å². The van der Waals surface area contributed by atoms with Crippen LogP contribution in [-0.2, 0) is 14.4 Å². The first kappa shape index (κ1) is 50.2. The molecule has 0 fully saturated rings. The molecule has 0 saturated heterocycles. The van der Waals surface area contributed by atoms with Gasteiger partial charge < -0.3 is 26.9 Å². The zero-order valence-electron chi connectivity index (χ0n) is 20.8. The minimum Gasteiger partial charge on any atom is -0.410 e. The maximum absolute atomic E-state index is 11.0. The second kappa shape index (κ2) is 22.8. The smallest absolute Gasteiger partial charge is 0.284 e. The highest BCUT2D eigenvalue weighted by Gasteiger charge is 2.19. The third kappa shape index (κ3) is 37.0. The molecule has 0 aliphatic rings. The molecule has 0 aliphatic heterocycles. The van der Waals surface area contributed by atoms with Crippen LogP contribution in [-0.4, -0.2) is 51.3 Å². The summed E-state index contributed by atoms with van der Waals surface area (Å²) in [5.41, 5.74) is 3.62. The van der Waals surface area contributed by atoms with E-state index in [2.05, 4.69) is 21.1 Å². The lowest BCUT2D eigenvalue weighted by Gasteiger charge is -2.20. The number of nitrogens with zero attached hydrogens (tertiary/aromatic N) is 4. The van der Waals surface area contributed by atoms with Crippen LogP contribution < -0.4 is 21.7 Å². The number of carbonyl (C=O) groups is 3. The summed E-state index contributed by atoms with van der Waals surface area (Å²) in [4.78, 5) is 32.7. The molecule has 0 radical (unpaired) electrons. The Morgan fingerprint density at radius 3 is 1.43 bits per heavy atom. The minimum absolute atomic E-state index is 0. The molecule has 12 heteroatoms. The van der Waals surface area contributed by atoms with Crippen molar-refractivity contribution in [2.45, 2.75) is 121 Å². The number of rotatable bonds is 3. The van der Waals surface area contributed by atoms with E-state index in [9.17, 15) is 14.4 Å². The Bertz CT molecular complexity index is 813. The predicted molar refractivity (Wildman–Crippen MR) is 149 cm³/mol. The molecule has 0 rings (SSSR count). The molecule has 0 aromatic heterocycles. The van der Waals surface area contributed by atoms with Crippen LogP contribution in [0.25, 0.3) is 0 Å². The Morgan fingerprint density at radius 1 is 0.811 bits per heavy atom. The zero-order chi connectivity index (χ0) is 27.0. The van der Waals surface area contributed by atoms with Gasteiger partial charge in [-0.3, -0.25) is 14.4 Å². The van der Waals surface area contributed by atoms with Gasteiger partial charge in [-0.2, -0.15) is 15.8 Å². The Hall–Kier alpha value is -3.69. The first-order chi connectivity index (χ1) is 14.7. The first-order valence-corrected chi connectivity index (χ1v) is 9.82. The fourth-order valence-electron chi connectivity index (χ4n) is 1.56. The molecule has 3 amide bonds. The highest BCUT2D eigenvalue weighted by Crippen LogP contribution is 1.99. The maximum Gasteiger partial charge on any atom is 0.284 e. The summed E-state index contributed by atoms with van der Waals surface area (Å²) < 4.78 is 0. The van der Waals surface area contributed by atoms with Crippen LogP contribution >= 0.6 is 0 Å². The van der Waals surface area contributed by atoms with Crippen LogP contribution in [0.4, 0.5) is 0 Å². The molecule has 1 atom stereocenters. The standard InChI is InChI=1S/C7H11N3O2.C7H13N3O.C7H12N2O.4CH4/c1-7(2,3)9-6(11)5(4-8)10-12;1-7(2,3)10-6(11)5(9)4-8;1-7(2,3)9-6(10)4-5-8;;;;/h12H,1-3H3,(H,9,11);5H,9H2,1-3H3,(H,10,11);4H2,1-3H3,(H,9,10);4*1H4/b10-5+;;;;;;. The van der Waals surface area contributed by atoms with Gasteiger partial charge in [0.05, 0.1) is 12.1 Å². The molecule has 12 nitrogen and oxygen atoms in total. The number of amides is 3. The molecule has 0 spiro atoms. The van der Waals surface area contributed by atoms with Gasteiger partial charge in [-0.15, -0.1) is 0 Å². The molecule has 0 heterocycles. The summed E-state index contributed by atoms with van der Waals surface area (Å²) in [7, 11) is 0. The van der Waals surface area contributed by atoms with Crippen molar-refractivity contribution in [3.63, 3.8) is 0 Å². The van der Waals surface area contributed by atoms with E-state index in [-0.39, 0.29) is 53.1 Å².